The Labute approximate surface area is 199 Å². The number of benzene rings is 3. The topological polar surface area (TPSA) is 51.0 Å². The number of aromatic nitrogens is 3. The second-order valence-corrected chi connectivity index (χ2v) is 9.52. The molecule has 0 saturated heterocycles. The highest BCUT2D eigenvalue weighted by Gasteiger charge is 2.28. The molecule has 0 atom stereocenters. The van der Waals surface area contributed by atoms with Gasteiger partial charge in [-0.15, -0.1) is 10.2 Å². The largest absolute Gasteiger partial charge is 0.302 e. The standard InChI is InChI=1S/C24H19ClN4OS2/c1-2-28-23(16-9-3-4-10-17(16)25)26-27-24(28)31-15-22(30)29-18-11-5-7-13-20(18)32-21-14-8-6-12-19(21)29/h3-14H,2,15H2,1H3. The smallest absolute Gasteiger partial charge is 0.242 e. The molecule has 5 rings (SSSR count). The third kappa shape index (κ3) is 3.81. The van der Waals surface area contributed by atoms with Crippen molar-refractivity contribution in [3.8, 4) is 11.4 Å². The summed E-state index contributed by atoms with van der Waals surface area (Å²) in [5, 5.41) is 10.0. The van der Waals surface area contributed by atoms with Crippen LogP contribution >= 0.6 is 35.1 Å². The molecular formula is C24H19ClN4OS2. The summed E-state index contributed by atoms with van der Waals surface area (Å²) in [6.07, 6.45) is 0. The summed E-state index contributed by atoms with van der Waals surface area (Å²) < 4.78 is 1.99. The molecule has 0 saturated carbocycles. The highest BCUT2D eigenvalue weighted by molar-refractivity contribution is 8.00. The van der Waals surface area contributed by atoms with Gasteiger partial charge in [0, 0.05) is 21.9 Å². The predicted molar refractivity (Wildman–Crippen MR) is 131 cm³/mol. The normalized spacial score (nSPS) is 12.4. The number of hydrogen-bond acceptors (Lipinski definition) is 5. The highest BCUT2D eigenvalue weighted by Crippen LogP contribution is 2.48. The van der Waals surface area contributed by atoms with Gasteiger partial charge in [-0.25, -0.2) is 0 Å². The van der Waals surface area contributed by atoms with Crippen LogP contribution in [0.4, 0.5) is 11.4 Å². The molecule has 3 aromatic carbocycles. The van der Waals surface area contributed by atoms with E-state index in [9.17, 15) is 4.79 Å². The van der Waals surface area contributed by atoms with Gasteiger partial charge in [0.15, 0.2) is 11.0 Å². The molecule has 0 spiro atoms. The molecule has 2 heterocycles. The van der Waals surface area contributed by atoms with E-state index in [1.165, 1.54) is 11.8 Å². The van der Waals surface area contributed by atoms with E-state index in [1.807, 2.05) is 89.2 Å². The molecule has 0 unspecified atom stereocenters. The molecule has 1 amide bonds. The van der Waals surface area contributed by atoms with Crippen LogP contribution in [0.3, 0.4) is 0 Å². The summed E-state index contributed by atoms with van der Waals surface area (Å²) in [6.45, 7) is 2.71. The molecule has 0 bridgehead atoms. The summed E-state index contributed by atoms with van der Waals surface area (Å²) in [5.74, 6) is 0.951. The Morgan fingerprint density at radius 3 is 2.22 bits per heavy atom. The average molecular weight is 479 g/mol. The van der Waals surface area contributed by atoms with Gasteiger partial charge >= 0.3 is 0 Å². The van der Waals surface area contributed by atoms with E-state index < -0.39 is 0 Å². The first-order valence-corrected chi connectivity index (χ1v) is 12.3. The number of anilines is 2. The van der Waals surface area contributed by atoms with Gasteiger partial charge in [-0.2, -0.15) is 0 Å². The fourth-order valence-corrected chi connectivity index (χ4v) is 5.82. The van der Waals surface area contributed by atoms with Crippen molar-refractivity contribution in [2.24, 2.45) is 0 Å². The number of hydrogen-bond donors (Lipinski definition) is 0. The number of carbonyl (C=O) groups is 1. The Hall–Kier alpha value is -2.74. The fraction of sp³-hybridized carbons (Fsp3) is 0.125. The first-order chi connectivity index (χ1) is 15.7. The molecule has 5 nitrogen and oxygen atoms in total. The number of carbonyl (C=O) groups excluding carboxylic acids is 1. The average Bonchev–Trinajstić information content (AvgIpc) is 3.24. The Balaban J connectivity index is 1.43. The van der Waals surface area contributed by atoms with E-state index in [1.54, 1.807) is 11.8 Å². The van der Waals surface area contributed by atoms with Crippen LogP contribution in [0.15, 0.2) is 87.7 Å². The van der Waals surface area contributed by atoms with Crippen molar-refractivity contribution < 1.29 is 4.79 Å². The number of fused-ring (bicyclic) bond motifs is 2. The first-order valence-electron chi connectivity index (χ1n) is 10.2. The number of nitrogens with zero attached hydrogens (tertiary/aromatic N) is 4. The molecule has 32 heavy (non-hydrogen) atoms. The number of thioether (sulfide) groups is 1. The van der Waals surface area contributed by atoms with Crippen molar-refractivity contribution >= 4 is 52.4 Å². The second kappa shape index (κ2) is 9.02. The van der Waals surface area contributed by atoms with Crippen LogP contribution in [0.25, 0.3) is 11.4 Å². The maximum Gasteiger partial charge on any atom is 0.242 e. The lowest BCUT2D eigenvalue weighted by Crippen LogP contribution is -2.30. The molecule has 0 aliphatic carbocycles. The van der Waals surface area contributed by atoms with Crippen molar-refractivity contribution in [3.05, 3.63) is 77.8 Å². The van der Waals surface area contributed by atoms with E-state index >= 15 is 0 Å². The van der Waals surface area contributed by atoms with Crippen molar-refractivity contribution in [2.75, 3.05) is 10.7 Å². The van der Waals surface area contributed by atoms with E-state index in [-0.39, 0.29) is 11.7 Å². The Morgan fingerprint density at radius 1 is 0.938 bits per heavy atom. The zero-order chi connectivity index (χ0) is 22.1. The number of halogens is 1. The van der Waals surface area contributed by atoms with Crippen LogP contribution in [0, 0.1) is 0 Å². The zero-order valence-electron chi connectivity index (χ0n) is 17.2. The van der Waals surface area contributed by atoms with Crippen LogP contribution in [-0.2, 0) is 11.3 Å². The summed E-state index contributed by atoms with van der Waals surface area (Å²) in [4.78, 5) is 17.4. The highest BCUT2D eigenvalue weighted by atomic mass is 35.5. The van der Waals surface area contributed by atoms with Gasteiger partial charge in [0.25, 0.3) is 0 Å². The van der Waals surface area contributed by atoms with Crippen LogP contribution in [0.1, 0.15) is 6.92 Å². The van der Waals surface area contributed by atoms with Crippen molar-refractivity contribution in [3.63, 3.8) is 0 Å². The lowest BCUT2D eigenvalue weighted by molar-refractivity contribution is -0.115. The maximum absolute atomic E-state index is 13.4. The monoisotopic (exact) mass is 478 g/mol. The van der Waals surface area contributed by atoms with E-state index in [0.29, 0.717) is 22.5 Å². The van der Waals surface area contributed by atoms with Gasteiger partial charge in [-0.3, -0.25) is 9.69 Å². The van der Waals surface area contributed by atoms with Crippen molar-refractivity contribution in [1.29, 1.82) is 0 Å². The lowest BCUT2D eigenvalue weighted by Gasteiger charge is -2.30. The summed E-state index contributed by atoms with van der Waals surface area (Å²) in [5.41, 5.74) is 2.66. The molecule has 0 radical (unpaired) electrons. The molecule has 4 aromatic rings. The number of para-hydroxylation sites is 2. The van der Waals surface area contributed by atoms with Crippen LogP contribution in [-0.4, -0.2) is 26.4 Å². The van der Waals surface area contributed by atoms with Gasteiger partial charge in [-0.05, 0) is 43.3 Å². The SMILES string of the molecule is CCn1c(SCC(=O)N2c3ccccc3Sc3ccccc32)nnc1-c1ccccc1Cl. The third-order valence-corrected chi connectivity index (χ3v) is 7.57. The van der Waals surface area contributed by atoms with Gasteiger partial charge in [0.1, 0.15) is 0 Å². The van der Waals surface area contributed by atoms with Gasteiger partial charge in [0.05, 0.1) is 22.2 Å². The molecule has 1 aromatic heterocycles. The first kappa shape index (κ1) is 21.1. The Morgan fingerprint density at radius 2 is 1.56 bits per heavy atom. The van der Waals surface area contributed by atoms with E-state index in [4.69, 9.17) is 11.6 Å². The molecule has 1 aliphatic rings. The predicted octanol–water partition coefficient (Wildman–Crippen LogP) is 6.54. The Kier molecular flexibility index (Phi) is 5.95. The minimum absolute atomic E-state index is 0.000136. The van der Waals surface area contributed by atoms with Crippen molar-refractivity contribution in [1.82, 2.24) is 14.8 Å². The Bertz CT molecular complexity index is 1260. The van der Waals surface area contributed by atoms with E-state index in [2.05, 4.69) is 10.2 Å². The van der Waals surface area contributed by atoms with Gasteiger partial charge < -0.3 is 4.57 Å². The fourth-order valence-electron chi connectivity index (χ4n) is 3.69. The molecule has 8 heteroatoms. The van der Waals surface area contributed by atoms with Crippen LogP contribution in [0.2, 0.25) is 5.02 Å². The molecule has 0 N–H and O–H groups in total. The second-order valence-electron chi connectivity index (χ2n) is 7.09. The quantitative estimate of drug-likeness (QED) is 0.305. The minimum atomic E-state index is 0.000136. The number of rotatable bonds is 5. The third-order valence-electron chi connectivity index (χ3n) is 5.15. The number of amides is 1. The minimum Gasteiger partial charge on any atom is -0.302 e. The maximum atomic E-state index is 13.4. The zero-order valence-corrected chi connectivity index (χ0v) is 19.6. The molecule has 0 fully saturated rings. The van der Waals surface area contributed by atoms with Gasteiger partial charge in [0.2, 0.25) is 5.91 Å². The molecular weight excluding hydrogens is 460 g/mol. The summed E-state index contributed by atoms with van der Waals surface area (Å²) >= 11 is 9.45. The van der Waals surface area contributed by atoms with Crippen molar-refractivity contribution in [2.45, 2.75) is 28.4 Å². The summed E-state index contributed by atoms with van der Waals surface area (Å²) in [7, 11) is 0. The van der Waals surface area contributed by atoms with E-state index in [0.717, 1.165) is 26.7 Å². The lowest BCUT2D eigenvalue weighted by atomic mass is 10.2. The van der Waals surface area contributed by atoms with Gasteiger partial charge in [-0.1, -0.05) is 71.5 Å². The summed E-state index contributed by atoms with van der Waals surface area (Å²) in [6, 6.07) is 23.6. The van der Waals surface area contributed by atoms with Crippen LogP contribution < -0.4 is 4.90 Å². The molecule has 1 aliphatic heterocycles. The van der Waals surface area contributed by atoms with Crippen LogP contribution in [0.5, 0.6) is 0 Å². The molecule has 160 valence electrons.